The van der Waals surface area contributed by atoms with Crippen molar-refractivity contribution in [1.82, 2.24) is 0 Å². The van der Waals surface area contributed by atoms with Crippen molar-refractivity contribution >= 4 is 5.78 Å². The molecule has 2 unspecified atom stereocenters. The zero-order valence-corrected chi connectivity index (χ0v) is 10.1. The summed E-state index contributed by atoms with van der Waals surface area (Å²) in [4.78, 5) is 12.4. The maximum atomic E-state index is 13.2. The van der Waals surface area contributed by atoms with Gasteiger partial charge in [0.25, 0.3) is 0 Å². The van der Waals surface area contributed by atoms with Gasteiger partial charge in [-0.1, -0.05) is 18.9 Å². The average molecular weight is 232 g/mol. The summed E-state index contributed by atoms with van der Waals surface area (Å²) in [6.45, 7) is 1.89. The predicted molar refractivity (Wildman–Crippen MR) is 64.4 cm³/mol. The van der Waals surface area contributed by atoms with Gasteiger partial charge in [0.2, 0.25) is 0 Å². The molecule has 0 saturated heterocycles. The SMILES string of the molecule is Cc1ccc(F)cc1C(=O)C1C2CCCCC21. The number of carbonyl (C=O) groups is 1. The molecule has 0 heterocycles. The summed E-state index contributed by atoms with van der Waals surface area (Å²) in [6, 6.07) is 4.53. The number of fused-ring (bicyclic) bond motifs is 1. The Morgan fingerprint density at radius 2 is 1.88 bits per heavy atom. The molecule has 90 valence electrons. The minimum Gasteiger partial charge on any atom is -0.294 e. The Hall–Kier alpha value is -1.18. The maximum Gasteiger partial charge on any atom is 0.166 e. The van der Waals surface area contributed by atoms with Crippen LogP contribution in [-0.4, -0.2) is 5.78 Å². The van der Waals surface area contributed by atoms with E-state index in [9.17, 15) is 9.18 Å². The van der Waals surface area contributed by atoms with Crippen LogP contribution in [0, 0.1) is 30.5 Å². The fourth-order valence-electron chi connectivity index (χ4n) is 3.42. The number of halogens is 1. The second-order valence-corrected chi connectivity index (χ2v) is 5.46. The molecule has 0 spiro atoms. The van der Waals surface area contributed by atoms with E-state index in [1.165, 1.54) is 37.8 Å². The topological polar surface area (TPSA) is 17.1 Å². The first-order chi connectivity index (χ1) is 8.18. The molecule has 0 aliphatic heterocycles. The molecule has 2 fully saturated rings. The second kappa shape index (κ2) is 3.94. The van der Waals surface area contributed by atoms with Gasteiger partial charge in [0.15, 0.2) is 5.78 Å². The molecular formula is C15H17FO. The second-order valence-electron chi connectivity index (χ2n) is 5.46. The summed E-state index contributed by atoms with van der Waals surface area (Å²) < 4.78 is 13.2. The minimum absolute atomic E-state index is 0.180. The van der Waals surface area contributed by atoms with E-state index >= 15 is 0 Å². The number of carbonyl (C=O) groups excluding carboxylic acids is 1. The number of rotatable bonds is 2. The predicted octanol–water partition coefficient (Wildman–Crippen LogP) is 3.75. The largest absolute Gasteiger partial charge is 0.294 e. The van der Waals surface area contributed by atoms with Crippen LogP contribution in [0.25, 0.3) is 0 Å². The van der Waals surface area contributed by atoms with Gasteiger partial charge in [0.05, 0.1) is 0 Å². The van der Waals surface area contributed by atoms with Crippen molar-refractivity contribution in [1.29, 1.82) is 0 Å². The molecule has 17 heavy (non-hydrogen) atoms. The Kier molecular flexibility index (Phi) is 2.53. The minimum atomic E-state index is -0.303. The summed E-state index contributed by atoms with van der Waals surface area (Å²) in [6.07, 6.45) is 4.89. The number of hydrogen-bond acceptors (Lipinski definition) is 1. The lowest BCUT2D eigenvalue weighted by molar-refractivity contribution is 0.0955. The summed E-state index contributed by atoms with van der Waals surface area (Å²) in [5.41, 5.74) is 1.50. The van der Waals surface area contributed by atoms with Gasteiger partial charge in [0.1, 0.15) is 5.82 Å². The number of Topliss-reactive ketones (excluding diaryl/α,β-unsaturated/α-hetero) is 1. The van der Waals surface area contributed by atoms with Crippen LogP contribution in [0.4, 0.5) is 4.39 Å². The highest BCUT2D eigenvalue weighted by molar-refractivity contribution is 6.01. The summed E-state index contributed by atoms with van der Waals surface area (Å²) in [7, 11) is 0. The monoisotopic (exact) mass is 232 g/mol. The highest BCUT2D eigenvalue weighted by Gasteiger charge is 2.54. The molecule has 3 rings (SSSR count). The number of ketones is 1. The van der Waals surface area contributed by atoms with Gasteiger partial charge < -0.3 is 0 Å². The first-order valence-electron chi connectivity index (χ1n) is 6.49. The van der Waals surface area contributed by atoms with E-state index in [0.717, 1.165) is 5.56 Å². The third-order valence-corrected chi connectivity index (χ3v) is 4.42. The molecule has 2 atom stereocenters. The normalized spacial score (nSPS) is 30.8. The van der Waals surface area contributed by atoms with Gasteiger partial charge in [-0.25, -0.2) is 4.39 Å². The standard InChI is InChI=1S/C15H17FO/c1-9-6-7-10(16)8-13(9)15(17)14-11-4-2-3-5-12(11)14/h6-8,11-12,14H,2-5H2,1H3. The zero-order chi connectivity index (χ0) is 12.0. The third-order valence-electron chi connectivity index (χ3n) is 4.42. The summed E-state index contributed by atoms with van der Waals surface area (Å²) in [5.74, 6) is 1.26. The Morgan fingerprint density at radius 3 is 2.53 bits per heavy atom. The van der Waals surface area contributed by atoms with Gasteiger partial charge in [-0.05, 0) is 49.3 Å². The fraction of sp³-hybridized carbons (Fsp3) is 0.533. The van der Waals surface area contributed by atoms with E-state index in [1.54, 1.807) is 6.07 Å². The van der Waals surface area contributed by atoms with Gasteiger partial charge >= 0.3 is 0 Å². The van der Waals surface area contributed by atoms with Crippen LogP contribution >= 0.6 is 0 Å². The molecule has 0 N–H and O–H groups in total. The van der Waals surface area contributed by atoms with Gasteiger partial charge in [0, 0.05) is 11.5 Å². The van der Waals surface area contributed by atoms with Crippen LogP contribution in [0.1, 0.15) is 41.6 Å². The highest BCUT2D eigenvalue weighted by atomic mass is 19.1. The lowest BCUT2D eigenvalue weighted by Crippen LogP contribution is -2.07. The van der Waals surface area contributed by atoms with E-state index in [4.69, 9.17) is 0 Å². The molecular weight excluding hydrogens is 215 g/mol. The lowest BCUT2D eigenvalue weighted by Gasteiger charge is -2.04. The van der Waals surface area contributed by atoms with E-state index in [2.05, 4.69) is 0 Å². The molecule has 2 heteroatoms. The Labute approximate surface area is 101 Å². The molecule has 0 bridgehead atoms. The Balaban J connectivity index is 1.85. The van der Waals surface area contributed by atoms with Crippen LogP contribution in [0.15, 0.2) is 18.2 Å². The van der Waals surface area contributed by atoms with Crippen molar-refractivity contribution in [3.05, 3.63) is 35.1 Å². The zero-order valence-electron chi connectivity index (χ0n) is 10.1. The Morgan fingerprint density at radius 1 is 1.24 bits per heavy atom. The van der Waals surface area contributed by atoms with Crippen molar-refractivity contribution in [3.8, 4) is 0 Å². The van der Waals surface area contributed by atoms with Crippen LogP contribution in [0.3, 0.4) is 0 Å². The third kappa shape index (κ3) is 1.80. The van der Waals surface area contributed by atoms with Crippen LogP contribution < -0.4 is 0 Å². The van der Waals surface area contributed by atoms with E-state index in [1.807, 2.05) is 6.92 Å². The van der Waals surface area contributed by atoms with E-state index in [0.29, 0.717) is 17.4 Å². The van der Waals surface area contributed by atoms with Crippen molar-refractivity contribution in [3.63, 3.8) is 0 Å². The molecule has 2 aliphatic rings. The van der Waals surface area contributed by atoms with Crippen molar-refractivity contribution in [2.45, 2.75) is 32.6 Å². The number of benzene rings is 1. The van der Waals surface area contributed by atoms with Crippen LogP contribution in [0.2, 0.25) is 0 Å². The van der Waals surface area contributed by atoms with Crippen molar-refractivity contribution in [2.75, 3.05) is 0 Å². The molecule has 1 aromatic rings. The number of aryl methyl sites for hydroxylation is 1. The molecule has 0 amide bonds. The molecule has 2 aliphatic carbocycles. The van der Waals surface area contributed by atoms with Gasteiger partial charge in [-0.15, -0.1) is 0 Å². The summed E-state index contributed by atoms with van der Waals surface area (Å²) >= 11 is 0. The van der Waals surface area contributed by atoms with Gasteiger partial charge in [-0.3, -0.25) is 4.79 Å². The molecule has 0 radical (unpaired) electrons. The lowest BCUT2D eigenvalue weighted by atomic mass is 10.00. The van der Waals surface area contributed by atoms with Crippen molar-refractivity contribution < 1.29 is 9.18 Å². The quantitative estimate of drug-likeness (QED) is 0.710. The molecule has 2 saturated carbocycles. The van der Waals surface area contributed by atoms with Crippen molar-refractivity contribution in [2.24, 2.45) is 17.8 Å². The van der Waals surface area contributed by atoms with E-state index < -0.39 is 0 Å². The van der Waals surface area contributed by atoms with Crippen LogP contribution in [0.5, 0.6) is 0 Å². The van der Waals surface area contributed by atoms with Gasteiger partial charge in [-0.2, -0.15) is 0 Å². The van der Waals surface area contributed by atoms with Crippen LogP contribution in [-0.2, 0) is 0 Å². The first-order valence-corrected chi connectivity index (χ1v) is 6.49. The summed E-state index contributed by atoms with van der Waals surface area (Å²) in [5, 5.41) is 0. The van der Waals surface area contributed by atoms with E-state index in [-0.39, 0.29) is 17.5 Å². The molecule has 0 aromatic heterocycles. The molecule has 1 nitrogen and oxygen atoms in total. The maximum absolute atomic E-state index is 13.2. The average Bonchev–Trinajstić information content (AvgIpc) is 3.05. The first kappa shape index (κ1) is 10.9. The fourth-order valence-corrected chi connectivity index (χ4v) is 3.42. The molecule has 1 aromatic carbocycles. The smallest absolute Gasteiger partial charge is 0.166 e. The number of hydrogen-bond donors (Lipinski definition) is 0. The Bertz CT molecular complexity index is 454. The highest BCUT2D eigenvalue weighted by Crippen LogP contribution is 2.56.